The minimum absolute atomic E-state index is 0.244. The first-order chi connectivity index (χ1) is 8.53. The van der Waals surface area contributed by atoms with Crippen molar-refractivity contribution in [3.05, 3.63) is 34.1 Å². The molecule has 1 N–H and O–H groups in total. The van der Waals surface area contributed by atoms with Crippen LogP contribution >= 0.6 is 15.9 Å². The van der Waals surface area contributed by atoms with E-state index in [2.05, 4.69) is 22.9 Å². The molecule has 0 aliphatic heterocycles. The summed E-state index contributed by atoms with van der Waals surface area (Å²) in [5.41, 5.74) is 0.227. The standard InChI is InChI=1S/C15H20BrFO/c1-2-12-5-3-4-6-15(12,18)10-11-7-13(16)9-14(17)8-11/h7-9,12,18H,2-6,10H2,1H3. The molecule has 100 valence electrons. The van der Waals surface area contributed by atoms with Crippen molar-refractivity contribution < 1.29 is 9.50 Å². The quantitative estimate of drug-likeness (QED) is 0.873. The zero-order valence-corrected chi connectivity index (χ0v) is 12.3. The van der Waals surface area contributed by atoms with Crippen LogP contribution in [-0.2, 0) is 6.42 Å². The maximum atomic E-state index is 13.4. The van der Waals surface area contributed by atoms with E-state index in [9.17, 15) is 9.50 Å². The van der Waals surface area contributed by atoms with Gasteiger partial charge in [-0.1, -0.05) is 42.1 Å². The largest absolute Gasteiger partial charge is 0.389 e. The molecule has 1 aromatic carbocycles. The van der Waals surface area contributed by atoms with E-state index in [1.165, 1.54) is 18.6 Å². The number of rotatable bonds is 3. The van der Waals surface area contributed by atoms with Gasteiger partial charge in [-0.15, -0.1) is 0 Å². The van der Waals surface area contributed by atoms with Gasteiger partial charge in [0.1, 0.15) is 5.82 Å². The lowest BCUT2D eigenvalue weighted by molar-refractivity contribution is -0.0491. The molecule has 3 heteroatoms. The van der Waals surface area contributed by atoms with E-state index in [0.717, 1.165) is 35.7 Å². The van der Waals surface area contributed by atoms with Crippen molar-refractivity contribution in [2.24, 2.45) is 5.92 Å². The van der Waals surface area contributed by atoms with Crippen molar-refractivity contribution in [1.82, 2.24) is 0 Å². The van der Waals surface area contributed by atoms with Gasteiger partial charge in [0, 0.05) is 10.9 Å². The Morgan fingerprint density at radius 2 is 2.17 bits per heavy atom. The first-order valence-corrected chi connectivity index (χ1v) is 7.50. The highest BCUT2D eigenvalue weighted by Crippen LogP contribution is 2.38. The SMILES string of the molecule is CCC1CCCCC1(O)Cc1cc(F)cc(Br)c1. The lowest BCUT2D eigenvalue weighted by Crippen LogP contribution is -2.42. The lowest BCUT2D eigenvalue weighted by atomic mass is 9.71. The molecule has 0 amide bonds. The fourth-order valence-electron chi connectivity index (χ4n) is 3.18. The Morgan fingerprint density at radius 3 is 2.83 bits per heavy atom. The Balaban J connectivity index is 2.19. The number of hydrogen-bond donors (Lipinski definition) is 1. The number of hydrogen-bond acceptors (Lipinski definition) is 1. The maximum absolute atomic E-state index is 13.4. The Bertz CT molecular complexity index is 401. The van der Waals surface area contributed by atoms with Gasteiger partial charge in [-0.2, -0.15) is 0 Å². The van der Waals surface area contributed by atoms with Crippen LogP contribution in [-0.4, -0.2) is 10.7 Å². The number of halogens is 2. The van der Waals surface area contributed by atoms with Crippen LogP contribution in [0.25, 0.3) is 0 Å². The third-order valence-electron chi connectivity index (χ3n) is 4.10. The summed E-state index contributed by atoms with van der Waals surface area (Å²) in [6.07, 6.45) is 5.75. The fraction of sp³-hybridized carbons (Fsp3) is 0.600. The molecule has 0 spiro atoms. The molecular weight excluding hydrogens is 295 g/mol. The zero-order chi connectivity index (χ0) is 13.2. The molecule has 1 aliphatic rings. The van der Waals surface area contributed by atoms with Gasteiger partial charge in [-0.3, -0.25) is 0 Å². The summed E-state index contributed by atoms with van der Waals surface area (Å²) in [6, 6.07) is 4.89. The first kappa shape index (κ1) is 14.0. The molecule has 2 rings (SSSR count). The van der Waals surface area contributed by atoms with Gasteiger partial charge < -0.3 is 5.11 Å². The number of benzene rings is 1. The van der Waals surface area contributed by atoms with E-state index in [-0.39, 0.29) is 5.82 Å². The van der Waals surface area contributed by atoms with E-state index < -0.39 is 5.60 Å². The van der Waals surface area contributed by atoms with Crippen LogP contribution in [0.3, 0.4) is 0 Å². The van der Waals surface area contributed by atoms with Gasteiger partial charge in [0.15, 0.2) is 0 Å². The Kier molecular flexibility index (Phi) is 4.44. The van der Waals surface area contributed by atoms with E-state index in [0.29, 0.717) is 12.3 Å². The molecule has 2 atom stereocenters. The van der Waals surface area contributed by atoms with Crippen LogP contribution in [0.5, 0.6) is 0 Å². The molecule has 0 bridgehead atoms. The van der Waals surface area contributed by atoms with Crippen molar-refractivity contribution >= 4 is 15.9 Å². The van der Waals surface area contributed by atoms with Crippen LogP contribution in [0.15, 0.2) is 22.7 Å². The van der Waals surface area contributed by atoms with Gasteiger partial charge >= 0.3 is 0 Å². The minimum Gasteiger partial charge on any atom is -0.389 e. The molecular formula is C15H20BrFO. The molecule has 1 nitrogen and oxygen atoms in total. The summed E-state index contributed by atoms with van der Waals surface area (Å²) in [5.74, 6) is 0.0973. The van der Waals surface area contributed by atoms with Crippen molar-refractivity contribution in [1.29, 1.82) is 0 Å². The summed E-state index contributed by atoms with van der Waals surface area (Å²) >= 11 is 3.31. The highest BCUT2D eigenvalue weighted by molar-refractivity contribution is 9.10. The third-order valence-corrected chi connectivity index (χ3v) is 4.56. The smallest absolute Gasteiger partial charge is 0.124 e. The van der Waals surface area contributed by atoms with Crippen molar-refractivity contribution in [2.45, 2.75) is 51.0 Å². The van der Waals surface area contributed by atoms with Gasteiger partial charge in [0.05, 0.1) is 5.60 Å². The summed E-state index contributed by atoms with van der Waals surface area (Å²) in [4.78, 5) is 0. The second-order valence-corrected chi connectivity index (χ2v) is 6.32. The molecule has 18 heavy (non-hydrogen) atoms. The Morgan fingerprint density at radius 1 is 1.39 bits per heavy atom. The van der Waals surface area contributed by atoms with Crippen LogP contribution in [0.2, 0.25) is 0 Å². The normalized spacial score (nSPS) is 28.3. The highest BCUT2D eigenvalue weighted by Gasteiger charge is 2.37. The van der Waals surface area contributed by atoms with Gasteiger partial charge in [-0.05, 0) is 42.5 Å². The lowest BCUT2D eigenvalue weighted by Gasteiger charge is -2.40. The molecule has 0 heterocycles. The van der Waals surface area contributed by atoms with E-state index in [4.69, 9.17) is 0 Å². The van der Waals surface area contributed by atoms with Crippen molar-refractivity contribution in [2.75, 3.05) is 0 Å². The van der Waals surface area contributed by atoms with Crippen LogP contribution in [0, 0.1) is 11.7 Å². The highest BCUT2D eigenvalue weighted by atomic mass is 79.9. The van der Waals surface area contributed by atoms with Gasteiger partial charge in [-0.25, -0.2) is 4.39 Å². The predicted molar refractivity (Wildman–Crippen MR) is 75.0 cm³/mol. The van der Waals surface area contributed by atoms with E-state index in [1.807, 2.05) is 6.07 Å². The maximum Gasteiger partial charge on any atom is 0.124 e. The molecule has 1 saturated carbocycles. The average molecular weight is 315 g/mol. The van der Waals surface area contributed by atoms with E-state index >= 15 is 0 Å². The van der Waals surface area contributed by atoms with Crippen molar-refractivity contribution in [3.8, 4) is 0 Å². The summed E-state index contributed by atoms with van der Waals surface area (Å²) in [5, 5.41) is 10.8. The molecule has 1 fully saturated rings. The topological polar surface area (TPSA) is 20.2 Å². The van der Waals surface area contributed by atoms with Gasteiger partial charge in [0.2, 0.25) is 0 Å². The Hall–Kier alpha value is -0.410. The first-order valence-electron chi connectivity index (χ1n) is 6.71. The monoisotopic (exact) mass is 314 g/mol. The molecule has 0 saturated heterocycles. The molecule has 1 aliphatic carbocycles. The Labute approximate surface area is 117 Å². The second kappa shape index (κ2) is 5.70. The van der Waals surface area contributed by atoms with Crippen LogP contribution in [0.1, 0.15) is 44.6 Å². The molecule has 0 radical (unpaired) electrons. The van der Waals surface area contributed by atoms with Crippen LogP contribution < -0.4 is 0 Å². The third kappa shape index (κ3) is 3.12. The zero-order valence-electron chi connectivity index (χ0n) is 10.8. The van der Waals surface area contributed by atoms with Crippen molar-refractivity contribution in [3.63, 3.8) is 0 Å². The average Bonchev–Trinajstić information content (AvgIpc) is 2.27. The van der Waals surface area contributed by atoms with E-state index in [1.54, 1.807) is 0 Å². The van der Waals surface area contributed by atoms with Gasteiger partial charge in [0.25, 0.3) is 0 Å². The van der Waals surface area contributed by atoms with Crippen LogP contribution in [0.4, 0.5) is 4.39 Å². The molecule has 2 unspecified atom stereocenters. The summed E-state index contributed by atoms with van der Waals surface area (Å²) < 4.78 is 14.1. The second-order valence-electron chi connectivity index (χ2n) is 5.41. The minimum atomic E-state index is -0.653. The summed E-state index contributed by atoms with van der Waals surface area (Å²) in [6.45, 7) is 2.13. The predicted octanol–water partition coefficient (Wildman–Crippen LogP) is 4.46. The fourth-order valence-corrected chi connectivity index (χ4v) is 3.69. The summed E-state index contributed by atoms with van der Waals surface area (Å²) in [7, 11) is 0. The molecule has 0 aromatic heterocycles. The number of aliphatic hydroxyl groups is 1. The molecule has 1 aromatic rings.